The van der Waals surface area contributed by atoms with Crippen LogP contribution < -0.4 is 0 Å². The van der Waals surface area contributed by atoms with Crippen molar-refractivity contribution in [3.8, 4) is 0 Å². The molecule has 0 aromatic carbocycles. The Morgan fingerprint density at radius 2 is 0.826 bits per heavy atom. The lowest BCUT2D eigenvalue weighted by molar-refractivity contribution is 0.311. The summed E-state index contributed by atoms with van der Waals surface area (Å²) in [4.78, 5) is 0. The van der Waals surface area contributed by atoms with Crippen molar-refractivity contribution in [2.45, 2.75) is 39.8 Å². The summed E-state index contributed by atoms with van der Waals surface area (Å²) in [7, 11) is 0. The molecule has 0 rings (SSSR count). The molecule has 0 spiro atoms. The van der Waals surface area contributed by atoms with Crippen LogP contribution in [0.2, 0.25) is 0 Å². The largest absolute Gasteiger partial charge is 0.343 e. The molecule has 0 aromatic heterocycles. The first-order chi connectivity index (χ1) is 9.76. The van der Waals surface area contributed by atoms with Gasteiger partial charge in [-0.15, -0.1) is 111 Å². The second-order valence-corrected chi connectivity index (χ2v) is 72.8. The number of nitrogens with zero attached hydrogens (tertiary/aromatic N) is 1. The molecule has 0 fully saturated rings. The van der Waals surface area contributed by atoms with Crippen LogP contribution in [0.1, 0.15) is 27.7 Å². The lowest BCUT2D eigenvalue weighted by Gasteiger charge is -2.49. The Labute approximate surface area is 193 Å². The smallest absolute Gasteiger partial charge is 0.296 e. The summed E-state index contributed by atoms with van der Waals surface area (Å²) in [5.41, 5.74) is -11.4. The zero-order chi connectivity index (χ0) is 19.2. The van der Waals surface area contributed by atoms with E-state index in [1.165, 1.54) is 0 Å². The number of hydrogen-bond donors (Lipinski definition) is 0. The molecule has 0 amide bonds. The third kappa shape index (κ3) is 5.24. The molecular formula is C6H14Cl11NSi5. The van der Waals surface area contributed by atoms with E-state index in [-0.39, 0.29) is 12.1 Å². The Morgan fingerprint density at radius 1 is 0.565 bits per heavy atom. The van der Waals surface area contributed by atoms with E-state index in [1.54, 1.807) is 0 Å². The highest BCUT2D eigenvalue weighted by molar-refractivity contribution is 8.38. The van der Waals surface area contributed by atoms with Crippen LogP contribution in [-0.2, 0) is 0 Å². The summed E-state index contributed by atoms with van der Waals surface area (Å²) in [6.45, 7) is 7.62. The fraction of sp³-hybridized carbons (Fsp3) is 1.00. The van der Waals surface area contributed by atoms with Crippen LogP contribution >= 0.6 is 122 Å². The van der Waals surface area contributed by atoms with E-state index in [4.69, 9.17) is 122 Å². The van der Waals surface area contributed by atoms with Gasteiger partial charge in [0.05, 0.1) is 0 Å². The third-order valence-electron chi connectivity index (χ3n) is 3.03. The van der Waals surface area contributed by atoms with Gasteiger partial charge in [0.2, 0.25) is 0 Å². The van der Waals surface area contributed by atoms with Crippen molar-refractivity contribution < 1.29 is 0 Å². The first kappa shape index (κ1) is 27.2. The molecule has 0 atom stereocenters. The van der Waals surface area contributed by atoms with Gasteiger partial charge >= 0.3 is 17.4 Å². The molecule has 0 bridgehead atoms. The molecule has 140 valence electrons. The quantitative estimate of drug-likeness (QED) is 0.212. The highest BCUT2D eigenvalue weighted by Gasteiger charge is 2.85. The summed E-state index contributed by atoms with van der Waals surface area (Å²) in [5.74, 6) is -3.90. The minimum atomic E-state index is -3.90. The zero-order valence-corrected chi connectivity index (χ0v) is 25.6. The maximum absolute atomic E-state index is 6.75. The molecule has 0 aromatic rings. The first-order valence-corrected chi connectivity index (χ1v) is 31.2. The highest BCUT2D eigenvalue weighted by atomic mass is 35.9. The topological polar surface area (TPSA) is 3.24 Å². The lowest BCUT2D eigenvalue weighted by atomic mass is 10.3. The van der Waals surface area contributed by atoms with Crippen molar-refractivity contribution in [2.24, 2.45) is 0 Å². The number of halogens is 11. The third-order valence-corrected chi connectivity index (χ3v) is 126. The van der Waals surface area contributed by atoms with Gasteiger partial charge in [-0.05, 0) is 12.1 Å². The first-order valence-electron chi connectivity index (χ1n) is 6.13. The van der Waals surface area contributed by atoms with E-state index < -0.39 is 29.1 Å². The monoisotopic (exact) mass is 625 g/mol. The SMILES string of the molecule is CC(C)N(C(C)C)[Si](Cl)(Cl)[Si](Cl)(Cl)[Si](Cl)([Si](Cl)(Cl)Cl)[Si](Cl)(Cl)Cl. The van der Waals surface area contributed by atoms with Crippen molar-refractivity contribution in [1.29, 1.82) is 0 Å². The number of hydrogen-bond acceptors (Lipinski definition) is 1. The van der Waals surface area contributed by atoms with Gasteiger partial charge in [-0.3, -0.25) is 4.57 Å². The van der Waals surface area contributed by atoms with Crippen molar-refractivity contribution >= 4 is 151 Å². The van der Waals surface area contributed by atoms with Gasteiger partial charge < -0.3 is 0 Å². The van der Waals surface area contributed by atoms with Crippen LogP contribution in [0.15, 0.2) is 0 Å². The molecule has 0 heterocycles. The van der Waals surface area contributed by atoms with Crippen molar-refractivity contribution in [3.05, 3.63) is 0 Å². The van der Waals surface area contributed by atoms with Crippen LogP contribution in [0.25, 0.3) is 0 Å². The summed E-state index contributed by atoms with van der Waals surface area (Å²) in [6.07, 6.45) is -3.60. The molecule has 1 nitrogen and oxygen atoms in total. The average Bonchev–Trinajstić information content (AvgIpc) is 2.22. The lowest BCUT2D eigenvalue weighted by Crippen LogP contribution is -2.84. The van der Waals surface area contributed by atoms with Gasteiger partial charge in [0.15, 0.2) is 0 Å². The predicted molar refractivity (Wildman–Crippen MR) is 125 cm³/mol. The van der Waals surface area contributed by atoms with E-state index >= 15 is 0 Å². The molecule has 17 heteroatoms. The highest BCUT2D eigenvalue weighted by Crippen LogP contribution is 2.57. The van der Waals surface area contributed by atoms with Gasteiger partial charge in [0, 0.05) is 0 Å². The molecule has 0 N–H and O–H groups in total. The van der Waals surface area contributed by atoms with Crippen LogP contribution in [0.4, 0.5) is 0 Å². The average molecular weight is 631 g/mol. The van der Waals surface area contributed by atoms with Crippen molar-refractivity contribution in [3.63, 3.8) is 0 Å². The van der Waals surface area contributed by atoms with Gasteiger partial charge in [-0.1, -0.05) is 27.7 Å². The predicted octanol–water partition coefficient (Wildman–Crippen LogP) is 7.25. The maximum atomic E-state index is 6.75. The maximum Gasteiger partial charge on any atom is 0.343 e. The molecule has 23 heavy (non-hydrogen) atoms. The van der Waals surface area contributed by atoms with E-state index in [2.05, 4.69) is 0 Å². The molecule has 0 aliphatic carbocycles. The molecule has 0 saturated carbocycles. The molecule has 0 radical (unpaired) electrons. The van der Waals surface area contributed by atoms with Gasteiger partial charge in [-0.2, -0.15) is 11.1 Å². The van der Waals surface area contributed by atoms with Gasteiger partial charge in [0.1, 0.15) is 0 Å². The Bertz CT molecular complexity index is 396. The number of rotatable bonds is 7. The molecule has 0 unspecified atom stereocenters. The van der Waals surface area contributed by atoms with Crippen LogP contribution in [0, 0.1) is 0 Å². The zero-order valence-electron chi connectivity index (χ0n) is 12.3. The van der Waals surface area contributed by atoms with E-state index in [0.29, 0.717) is 0 Å². The molecule has 0 aliphatic heterocycles. The normalized spacial score (nSPS) is 15.9. The van der Waals surface area contributed by atoms with Crippen LogP contribution in [0.5, 0.6) is 0 Å². The Hall–Kier alpha value is 4.23. The fourth-order valence-electron chi connectivity index (χ4n) is 2.13. The molecule has 0 aliphatic rings. The summed E-state index contributed by atoms with van der Waals surface area (Å²) in [6, 6.07) is -0.130. The van der Waals surface area contributed by atoms with E-state index in [9.17, 15) is 0 Å². The summed E-state index contributed by atoms with van der Waals surface area (Å²) in [5, 5.41) is 0. The Morgan fingerprint density at radius 3 is 1.00 bits per heavy atom. The summed E-state index contributed by atoms with van der Waals surface area (Å²) >= 11 is 71.0. The molecule has 0 saturated heterocycles. The van der Waals surface area contributed by atoms with Crippen LogP contribution in [-0.4, -0.2) is 45.7 Å². The van der Waals surface area contributed by atoms with Gasteiger partial charge in [0.25, 0.3) is 11.7 Å². The second kappa shape index (κ2) is 8.94. The standard InChI is InChI=1S/C6H14Cl11NSi5/c1-5(2)18(6(3)4)21(13,14)22(15,16)23(17,19(7,8)9)20(10,11)12/h5-6H,1-4H3. The fourth-order valence-corrected chi connectivity index (χ4v) is 174. The van der Waals surface area contributed by atoms with E-state index in [0.717, 1.165) is 0 Å². The summed E-state index contributed by atoms with van der Waals surface area (Å²) < 4.78 is 1.82. The minimum Gasteiger partial charge on any atom is -0.296 e. The van der Waals surface area contributed by atoms with E-state index in [1.807, 2.05) is 32.3 Å². The van der Waals surface area contributed by atoms with Crippen LogP contribution in [0.3, 0.4) is 0 Å². The van der Waals surface area contributed by atoms with Crippen molar-refractivity contribution in [1.82, 2.24) is 4.57 Å². The minimum absolute atomic E-state index is 0.0648. The van der Waals surface area contributed by atoms with Gasteiger partial charge in [-0.25, -0.2) is 0 Å². The second-order valence-electron chi connectivity index (χ2n) is 5.36. The Kier molecular flexibility index (Phi) is 10.6. The van der Waals surface area contributed by atoms with Crippen molar-refractivity contribution in [2.75, 3.05) is 0 Å². The molecular weight excluding hydrogens is 616 g/mol. The Balaban J connectivity index is 6.49.